The Morgan fingerprint density at radius 2 is 1.82 bits per heavy atom. The van der Waals surface area contributed by atoms with E-state index in [1.165, 1.54) is 22.2 Å². The van der Waals surface area contributed by atoms with Gasteiger partial charge < -0.3 is 5.32 Å². The van der Waals surface area contributed by atoms with Crippen LogP contribution in [0.2, 0.25) is 0 Å². The number of rotatable bonds is 7. The van der Waals surface area contributed by atoms with Gasteiger partial charge in [-0.3, -0.25) is 14.5 Å². The second-order valence-corrected chi connectivity index (χ2v) is 8.12. The van der Waals surface area contributed by atoms with Crippen molar-refractivity contribution >= 4 is 46.2 Å². The number of nitrogens with one attached hydrogen (secondary N) is 1. The molecular formula is C22H22N2O2S2. The predicted octanol–water partition coefficient (Wildman–Crippen LogP) is 3.81. The second-order valence-electron chi connectivity index (χ2n) is 6.45. The zero-order valence-electron chi connectivity index (χ0n) is 15.7. The Morgan fingerprint density at radius 1 is 1.11 bits per heavy atom. The van der Waals surface area contributed by atoms with E-state index in [9.17, 15) is 9.59 Å². The van der Waals surface area contributed by atoms with Gasteiger partial charge in [0.05, 0.1) is 4.91 Å². The summed E-state index contributed by atoms with van der Waals surface area (Å²) in [4.78, 5) is 26.8. The zero-order chi connectivity index (χ0) is 19.9. The Balaban J connectivity index is 1.55. The molecule has 28 heavy (non-hydrogen) atoms. The van der Waals surface area contributed by atoms with Crippen LogP contribution in [0, 0.1) is 0 Å². The standard InChI is InChI=1S/C22H22N2O2S2/c1-2-16-8-10-18(11-9-16)14-19-21(26)24(22(27)28-19)15-20(25)23-13-12-17-6-4-3-5-7-17/h3-11,14H,2,12-13,15H2,1H3,(H,23,25)/b19-14-. The van der Waals surface area contributed by atoms with E-state index >= 15 is 0 Å². The Kier molecular flexibility index (Phi) is 7.01. The number of nitrogens with zero attached hydrogens (tertiary/aromatic N) is 1. The summed E-state index contributed by atoms with van der Waals surface area (Å²) in [6.45, 7) is 2.58. The molecule has 2 aromatic rings. The third kappa shape index (κ3) is 5.30. The monoisotopic (exact) mass is 410 g/mol. The molecule has 0 aliphatic carbocycles. The highest BCUT2D eigenvalue weighted by Gasteiger charge is 2.33. The lowest BCUT2D eigenvalue weighted by molar-refractivity contribution is -0.128. The van der Waals surface area contributed by atoms with Crippen molar-refractivity contribution in [2.45, 2.75) is 19.8 Å². The van der Waals surface area contributed by atoms with Crippen molar-refractivity contribution < 1.29 is 9.59 Å². The van der Waals surface area contributed by atoms with Crippen molar-refractivity contribution in [3.63, 3.8) is 0 Å². The van der Waals surface area contributed by atoms with Gasteiger partial charge in [-0.1, -0.05) is 85.5 Å². The molecule has 2 aromatic carbocycles. The molecule has 3 rings (SSSR count). The molecule has 6 heteroatoms. The van der Waals surface area contributed by atoms with Crippen LogP contribution < -0.4 is 5.32 Å². The number of thiocarbonyl (C=S) groups is 1. The first-order chi connectivity index (χ1) is 13.6. The average Bonchev–Trinajstić information content (AvgIpc) is 2.97. The molecule has 2 amide bonds. The summed E-state index contributed by atoms with van der Waals surface area (Å²) in [6, 6.07) is 18.0. The van der Waals surface area contributed by atoms with Gasteiger partial charge in [0.1, 0.15) is 10.9 Å². The first-order valence-electron chi connectivity index (χ1n) is 9.21. The number of hydrogen-bond acceptors (Lipinski definition) is 4. The van der Waals surface area contributed by atoms with E-state index in [4.69, 9.17) is 12.2 Å². The van der Waals surface area contributed by atoms with Gasteiger partial charge in [0.15, 0.2) is 0 Å². The van der Waals surface area contributed by atoms with E-state index in [0.717, 1.165) is 24.0 Å². The zero-order valence-corrected chi connectivity index (χ0v) is 17.3. The van der Waals surface area contributed by atoms with Gasteiger partial charge in [-0.25, -0.2) is 0 Å². The highest BCUT2D eigenvalue weighted by molar-refractivity contribution is 8.26. The lowest BCUT2D eigenvalue weighted by atomic mass is 10.1. The number of amides is 2. The average molecular weight is 411 g/mol. The van der Waals surface area contributed by atoms with Crippen LogP contribution in [0.25, 0.3) is 6.08 Å². The van der Waals surface area contributed by atoms with Crippen LogP contribution in [0.15, 0.2) is 59.5 Å². The lowest BCUT2D eigenvalue weighted by Crippen LogP contribution is -2.40. The quantitative estimate of drug-likeness (QED) is 0.557. The van der Waals surface area contributed by atoms with Crippen molar-refractivity contribution in [1.82, 2.24) is 10.2 Å². The van der Waals surface area contributed by atoms with Crippen LogP contribution in [-0.2, 0) is 22.4 Å². The van der Waals surface area contributed by atoms with Crippen LogP contribution in [0.3, 0.4) is 0 Å². The molecule has 0 spiro atoms. The van der Waals surface area contributed by atoms with Crippen LogP contribution in [0.5, 0.6) is 0 Å². The van der Waals surface area contributed by atoms with Crippen LogP contribution in [0.4, 0.5) is 0 Å². The van der Waals surface area contributed by atoms with Crippen molar-refractivity contribution in [2.75, 3.05) is 13.1 Å². The molecule has 1 fully saturated rings. The minimum Gasteiger partial charge on any atom is -0.354 e. The summed E-state index contributed by atoms with van der Waals surface area (Å²) in [6.07, 6.45) is 3.55. The van der Waals surface area contributed by atoms with Crippen molar-refractivity contribution in [2.24, 2.45) is 0 Å². The summed E-state index contributed by atoms with van der Waals surface area (Å²) in [5.41, 5.74) is 3.35. The Bertz CT molecular complexity index is 893. The summed E-state index contributed by atoms with van der Waals surface area (Å²) >= 11 is 6.54. The van der Waals surface area contributed by atoms with Crippen LogP contribution >= 0.6 is 24.0 Å². The van der Waals surface area contributed by atoms with Gasteiger partial charge in [0, 0.05) is 6.54 Å². The molecule has 1 aliphatic rings. The molecule has 0 aromatic heterocycles. The number of thioether (sulfide) groups is 1. The fourth-order valence-electron chi connectivity index (χ4n) is 2.83. The van der Waals surface area contributed by atoms with E-state index in [1.54, 1.807) is 0 Å². The molecule has 1 aliphatic heterocycles. The topological polar surface area (TPSA) is 49.4 Å². The molecule has 1 N–H and O–H groups in total. The Morgan fingerprint density at radius 3 is 2.50 bits per heavy atom. The summed E-state index contributed by atoms with van der Waals surface area (Å²) in [7, 11) is 0. The molecule has 0 radical (unpaired) electrons. The molecular weight excluding hydrogens is 388 g/mol. The van der Waals surface area contributed by atoms with E-state index in [-0.39, 0.29) is 18.4 Å². The van der Waals surface area contributed by atoms with Gasteiger partial charge in [-0.15, -0.1) is 0 Å². The molecule has 144 valence electrons. The van der Waals surface area contributed by atoms with Gasteiger partial charge in [0.25, 0.3) is 5.91 Å². The van der Waals surface area contributed by atoms with Crippen LogP contribution in [0.1, 0.15) is 23.6 Å². The van der Waals surface area contributed by atoms with Crippen LogP contribution in [-0.4, -0.2) is 34.1 Å². The summed E-state index contributed by atoms with van der Waals surface area (Å²) < 4.78 is 0.416. The number of aryl methyl sites for hydroxylation is 1. The lowest BCUT2D eigenvalue weighted by Gasteiger charge is -2.14. The second kappa shape index (κ2) is 9.66. The van der Waals surface area contributed by atoms with Crippen molar-refractivity contribution in [3.8, 4) is 0 Å². The summed E-state index contributed by atoms with van der Waals surface area (Å²) in [5, 5.41) is 2.86. The van der Waals surface area contributed by atoms with E-state index < -0.39 is 0 Å². The number of hydrogen-bond donors (Lipinski definition) is 1. The molecule has 0 atom stereocenters. The van der Waals surface area contributed by atoms with E-state index in [2.05, 4.69) is 12.2 Å². The largest absolute Gasteiger partial charge is 0.354 e. The normalized spacial score (nSPS) is 15.3. The molecule has 0 unspecified atom stereocenters. The highest BCUT2D eigenvalue weighted by Crippen LogP contribution is 2.32. The fraction of sp³-hybridized carbons (Fsp3) is 0.227. The first-order valence-corrected chi connectivity index (χ1v) is 10.4. The fourth-order valence-corrected chi connectivity index (χ4v) is 4.08. The van der Waals surface area contributed by atoms with E-state index in [0.29, 0.717) is 15.8 Å². The van der Waals surface area contributed by atoms with Crippen molar-refractivity contribution in [1.29, 1.82) is 0 Å². The Hall–Kier alpha value is -2.44. The van der Waals surface area contributed by atoms with Gasteiger partial charge >= 0.3 is 0 Å². The minimum atomic E-state index is -0.215. The maximum absolute atomic E-state index is 12.6. The maximum atomic E-state index is 12.6. The SMILES string of the molecule is CCc1ccc(/C=C2\SC(=S)N(CC(=O)NCCc3ccccc3)C2=O)cc1. The highest BCUT2D eigenvalue weighted by atomic mass is 32.2. The molecule has 0 bridgehead atoms. The maximum Gasteiger partial charge on any atom is 0.266 e. The number of carbonyl (C=O) groups is 2. The van der Waals surface area contributed by atoms with Crippen molar-refractivity contribution in [3.05, 3.63) is 76.2 Å². The smallest absolute Gasteiger partial charge is 0.266 e. The number of benzene rings is 2. The van der Waals surface area contributed by atoms with Gasteiger partial charge in [-0.05, 0) is 35.6 Å². The van der Waals surface area contributed by atoms with Gasteiger partial charge in [0.2, 0.25) is 5.91 Å². The summed E-state index contributed by atoms with van der Waals surface area (Å²) in [5.74, 6) is -0.423. The molecule has 1 heterocycles. The van der Waals surface area contributed by atoms with Gasteiger partial charge in [-0.2, -0.15) is 0 Å². The third-order valence-electron chi connectivity index (χ3n) is 4.44. The Labute approximate surface area is 175 Å². The third-order valence-corrected chi connectivity index (χ3v) is 5.82. The molecule has 1 saturated heterocycles. The minimum absolute atomic E-state index is 0.0500. The first kappa shape index (κ1) is 20.3. The number of carbonyl (C=O) groups excluding carboxylic acids is 2. The molecule has 4 nitrogen and oxygen atoms in total. The predicted molar refractivity (Wildman–Crippen MR) is 119 cm³/mol. The molecule has 0 saturated carbocycles. The van der Waals surface area contributed by atoms with E-state index in [1.807, 2.05) is 60.7 Å².